The van der Waals surface area contributed by atoms with E-state index in [0.717, 1.165) is 6.42 Å². The van der Waals surface area contributed by atoms with E-state index in [2.05, 4.69) is 0 Å². The SMILES string of the molecule is CCCC1(C(=O)O)CCCN(C(=O)c2cccc(OCC(=O)O)c2)C1. The standard InChI is InChI=1S/C18H23NO6/c1-2-7-18(17(23)24)8-4-9-19(12-18)16(22)13-5-3-6-14(10-13)25-11-15(20)21/h3,5-6,10H,2,4,7-9,11-12H2,1H3,(H,20,21)(H,23,24). The molecule has 1 atom stereocenters. The highest BCUT2D eigenvalue weighted by molar-refractivity contribution is 5.95. The first-order valence-electron chi connectivity index (χ1n) is 8.35. The highest BCUT2D eigenvalue weighted by atomic mass is 16.5. The van der Waals surface area contributed by atoms with Crippen LogP contribution in [0.4, 0.5) is 0 Å². The molecule has 0 spiro atoms. The van der Waals surface area contributed by atoms with Crippen molar-refractivity contribution in [3.8, 4) is 5.75 Å². The minimum Gasteiger partial charge on any atom is -0.482 e. The number of aliphatic carboxylic acids is 2. The van der Waals surface area contributed by atoms with Crippen molar-refractivity contribution in [2.24, 2.45) is 5.41 Å². The number of nitrogens with zero attached hydrogens (tertiary/aromatic N) is 1. The number of amides is 1. The van der Waals surface area contributed by atoms with Gasteiger partial charge in [0.2, 0.25) is 0 Å². The summed E-state index contributed by atoms with van der Waals surface area (Å²) in [5.41, 5.74) is -0.527. The first-order valence-corrected chi connectivity index (χ1v) is 8.35. The van der Waals surface area contributed by atoms with Crippen molar-refractivity contribution >= 4 is 17.8 Å². The third-order valence-electron chi connectivity index (χ3n) is 4.49. The molecule has 1 unspecified atom stereocenters. The van der Waals surface area contributed by atoms with Gasteiger partial charge in [0.05, 0.1) is 5.41 Å². The fraction of sp³-hybridized carbons (Fsp3) is 0.500. The van der Waals surface area contributed by atoms with E-state index < -0.39 is 24.0 Å². The number of benzene rings is 1. The van der Waals surface area contributed by atoms with E-state index >= 15 is 0 Å². The van der Waals surface area contributed by atoms with Gasteiger partial charge in [-0.15, -0.1) is 0 Å². The van der Waals surface area contributed by atoms with Gasteiger partial charge in [0.25, 0.3) is 5.91 Å². The number of likely N-dealkylation sites (tertiary alicyclic amines) is 1. The Kier molecular flexibility index (Phi) is 6.01. The lowest BCUT2D eigenvalue weighted by Gasteiger charge is -2.40. The molecule has 25 heavy (non-hydrogen) atoms. The maximum absolute atomic E-state index is 12.8. The Labute approximate surface area is 146 Å². The number of carboxylic acid groups (broad SMARTS) is 2. The molecule has 0 aliphatic carbocycles. The van der Waals surface area contributed by atoms with E-state index in [1.165, 1.54) is 6.07 Å². The van der Waals surface area contributed by atoms with Crippen molar-refractivity contribution in [3.63, 3.8) is 0 Å². The van der Waals surface area contributed by atoms with E-state index in [0.29, 0.717) is 37.1 Å². The van der Waals surface area contributed by atoms with Crippen LogP contribution in [0.15, 0.2) is 24.3 Å². The van der Waals surface area contributed by atoms with E-state index in [9.17, 15) is 19.5 Å². The molecule has 136 valence electrons. The number of carbonyl (C=O) groups excluding carboxylic acids is 1. The maximum Gasteiger partial charge on any atom is 0.341 e. The van der Waals surface area contributed by atoms with Gasteiger partial charge in [0.1, 0.15) is 5.75 Å². The fourth-order valence-electron chi connectivity index (χ4n) is 3.32. The first kappa shape index (κ1) is 18.8. The van der Waals surface area contributed by atoms with Gasteiger partial charge in [-0.3, -0.25) is 9.59 Å². The summed E-state index contributed by atoms with van der Waals surface area (Å²) in [5, 5.41) is 18.3. The molecule has 1 aromatic carbocycles. The van der Waals surface area contributed by atoms with Crippen LogP contribution in [-0.4, -0.2) is 52.7 Å². The van der Waals surface area contributed by atoms with E-state index in [1.54, 1.807) is 23.1 Å². The number of carbonyl (C=O) groups is 3. The van der Waals surface area contributed by atoms with E-state index in [4.69, 9.17) is 9.84 Å². The molecule has 2 N–H and O–H groups in total. The molecule has 1 aliphatic rings. The van der Waals surface area contributed by atoms with Gasteiger partial charge in [-0.05, 0) is 37.5 Å². The smallest absolute Gasteiger partial charge is 0.341 e. The Morgan fingerprint density at radius 3 is 2.68 bits per heavy atom. The van der Waals surface area contributed by atoms with E-state index in [1.807, 2.05) is 6.92 Å². The highest BCUT2D eigenvalue weighted by Crippen LogP contribution is 2.35. The molecule has 0 saturated carbocycles. The predicted octanol–water partition coefficient (Wildman–Crippen LogP) is 2.26. The second-order valence-corrected chi connectivity index (χ2v) is 6.38. The Morgan fingerprint density at radius 1 is 1.28 bits per heavy atom. The number of rotatable bonds is 7. The Hall–Kier alpha value is -2.57. The van der Waals surface area contributed by atoms with Crippen molar-refractivity contribution in [1.29, 1.82) is 0 Å². The number of hydrogen-bond acceptors (Lipinski definition) is 4. The molecule has 1 heterocycles. The van der Waals surface area contributed by atoms with Gasteiger partial charge in [0.15, 0.2) is 6.61 Å². The summed E-state index contributed by atoms with van der Waals surface area (Å²) in [4.78, 5) is 36.7. The van der Waals surface area contributed by atoms with Crippen LogP contribution in [0, 0.1) is 5.41 Å². The van der Waals surface area contributed by atoms with Crippen LogP contribution in [0.25, 0.3) is 0 Å². The normalized spacial score (nSPS) is 20.1. The Balaban J connectivity index is 2.15. The minimum atomic E-state index is -1.10. The molecule has 1 amide bonds. The summed E-state index contributed by atoms with van der Waals surface area (Å²) in [6.45, 7) is 2.15. The minimum absolute atomic E-state index is 0.190. The lowest BCUT2D eigenvalue weighted by molar-refractivity contribution is -0.152. The first-order chi connectivity index (χ1) is 11.9. The lowest BCUT2D eigenvalue weighted by atomic mass is 9.76. The van der Waals surface area contributed by atoms with Crippen molar-refractivity contribution in [1.82, 2.24) is 4.90 Å². The summed E-state index contributed by atoms with van der Waals surface area (Å²) in [7, 11) is 0. The molecule has 0 radical (unpaired) electrons. The number of hydrogen-bond donors (Lipinski definition) is 2. The molecular formula is C18H23NO6. The van der Waals surface area contributed by atoms with E-state index in [-0.39, 0.29) is 12.5 Å². The van der Waals surface area contributed by atoms with Gasteiger partial charge in [-0.1, -0.05) is 19.4 Å². The molecule has 1 fully saturated rings. The third-order valence-corrected chi connectivity index (χ3v) is 4.49. The van der Waals surface area contributed by atoms with Crippen LogP contribution < -0.4 is 4.74 Å². The zero-order valence-electron chi connectivity index (χ0n) is 14.2. The van der Waals surface area contributed by atoms with Crippen molar-refractivity contribution < 1.29 is 29.3 Å². The van der Waals surface area contributed by atoms with Crippen LogP contribution >= 0.6 is 0 Å². The van der Waals surface area contributed by atoms with Crippen molar-refractivity contribution in [3.05, 3.63) is 29.8 Å². The van der Waals surface area contributed by atoms with Gasteiger partial charge in [-0.25, -0.2) is 4.79 Å². The van der Waals surface area contributed by atoms with Crippen LogP contribution in [0.3, 0.4) is 0 Å². The molecule has 7 heteroatoms. The lowest BCUT2D eigenvalue weighted by Crippen LogP contribution is -2.49. The largest absolute Gasteiger partial charge is 0.482 e. The second-order valence-electron chi connectivity index (χ2n) is 6.38. The molecule has 1 aromatic rings. The van der Waals surface area contributed by atoms with Gasteiger partial charge in [-0.2, -0.15) is 0 Å². The van der Waals surface area contributed by atoms with Crippen LogP contribution in [0.1, 0.15) is 43.0 Å². The van der Waals surface area contributed by atoms with Crippen LogP contribution in [0.2, 0.25) is 0 Å². The summed E-state index contributed by atoms with van der Waals surface area (Å²) < 4.78 is 5.10. The summed E-state index contributed by atoms with van der Waals surface area (Å²) in [6, 6.07) is 6.30. The predicted molar refractivity (Wildman–Crippen MR) is 89.7 cm³/mol. The monoisotopic (exact) mass is 349 g/mol. The van der Waals surface area contributed by atoms with Crippen LogP contribution in [-0.2, 0) is 9.59 Å². The summed E-state index contributed by atoms with van der Waals surface area (Å²) in [6.07, 6.45) is 2.50. The molecule has 7 nitrogen and oxygen atoms in total. The van der Waals surface area contributed by atoms with Crippen molar-refractivity contribution in [2.45, 2.75) is 32.6 Å². The van der Waals surface area contributed by atoms with Crippen LogP contribution in [0.5, 0.6) is 5.75 Å². The van der Waals surface area contributed by atoms with Gasteiger partial charge < -0.3 is 19.8 Å². The Bertz CT molecular complexity index is 655. The third kappa shape index (κ3) is 4.49. The number of carboxylic acids is 2. The molecule has 2 rings (SSSR count). The topological polar surface area (TPSA) is 104 Å². The zero-order valence-corrected chi connectivity index (χ0v) is 14.2. The summed E-state index contributed by atoms with van der Waals surface area (Å²) >= 11 is 0. The second kappa shape index (κ2) is 8.00. The zero-order chi connectivity index (χ0) is 18.4. The maximum atomic E-state index is 12.8. The Morgan fingerprint density at radius 2 is 2.04 bits per heavy atom. The van der Waals surface area contributed by atoms with Crippen molar-refractivity contribution in [2.75, 3.05) is 19.7 Å². The molecular weight excluding hydrogens is 326 g/mol. The number of ether oxygens (including phenoxy) is 1. The average Bonchev–Trinajstić information content (AvgIpc) is 2.60. The highest BCUT2D eigenvalue weighted by Gasteiger charge is 2.42. The van der Waals surface area contributed by atoms with Gasteiger partial charge in [0, 0.05) is 18.7 Å². The molecule has 0 aromatic heterocycles. The molecule has 1 saturated heterocycles. The number of piperidine rings is 1. The molecule has 0 bridgehead atoms. The quantitative estimate of drug-likeness (QED) is 0.782. The average molecular weight is 349 g/mol. The molecule has 1 aliphatic heterocycles. The van der Waals surface area contributed by atoms with Gasteiger partial charge >= 0.3 is 11.9 Å². The summed E-state index contributed by atoms with van der Waals surface area (Å²) in [5.74, 6) is -1.92. The fourth-order valence-corrected chi connectivity index (χ4v) is 3.32.